The predicted molar refractivity (Wildman–Crippen MR) is 82.4 cm³/mol. The van der Waals surface area contributed by atoms with Crippen LogP contribution in [0.2, 0.25) is 10.0 Å². The number of hydrogen-bond acceptors (Lipinski definition) is 5. The molecule has 1 unspecified atom stereocenters. The highest BCUT2D eigenvalue weighted by Gasteiger charge is 2.14. The predicted octanol–water partition coefficient (Wildman–Crippen LogP) is 2.17. The second-order valence-electron chi connectivity index (χ2n) is 3.82. The van der Waals surface area contributed by atoms with Crippen molar-refractivity contribution in [2.75, 3.05) is 23.9 Å². The minimum absolute atomic E-state index is 0.146. The van der Waals surface area contributed by atoms with Gasteiger partial charge < -0.3 is 15.8 Å². The molecule has 0 aromatic heterocycles. The van der Waals surface area contributed by atoms with Crippen LogP contribution in [-0.2, 0) is 14.3 Å². The fraction of sp³-hybridized carbons (Fsp3) is 0.333. The van der Waals surface area contributed by atoms with Gasteiger partial charge in [0.05, 0.1) is 23.6 Å². The second-order valence-corrected chi connectivity index (χ2v) is 5.69. The smallest absolute Gasteiger partial charge is 0.323 e. The topological polar surface area (TPSA) is 81.4 Å². The van der Waals surface area contributed by atoms with Gasteiger partial charge in [0.1, 0.15) is 6.04 Å². The zero-order chi connectivity index (χ0) is 15.1. The molecular weight excluding hydrogens is 323 g/mol. The van der Waals surface area contributed by atoms with E-state index in [-0.39, 0.29) is 11.7 Å². The molecule has 110 valence electrons. The van der Waals surface area contributed by atoms with Gasteiger partial charge in [-0.15, -0.1) is 11.8 Å². The van der Waals surface area contributed by atoms with Crippen molar-refractivity contribution in [2.24, 2.45) is 5.73 Å². The summed E-state index contributed by atoms with van der Waals surface area (Å²) in [5.41, 5.74) is 5.99. The number of carbonyl (C=O) groups is 2. The maximum Gasteiger partial charge on any atom is 0.323 e. The van der Waals surface area contributed by atoms with Crippen LogP contribution in [0.5, 0.6) is 0 Å². The first-order valence-electron chi connectivity index (χ1n) is 5.60. The van der Waals surface area contributed by atoms with E-state index in [9.17, 15) is 9.59 Å². The van der Waals surface area contributed by atoms with E-state index in [0.717, 1.165) is 0 Å². The number of carbonyl (C=O) groups excluding carboxylic acids is 2. The number of amides is 1. The van der Waals surface area contributed by atoms with Gasteiger partial charge in [0.25, 0.3) is 0 Å². The summed E-state index contributed by atoms with van der Waals surface area (Å²) >= 11 is 13.0. The zero-order valence-electron chi connectivity index (χ0n) is 10.7. The van der Waals surface area contributed by atoms with Crippen LogP contribution in [0.25, 0.3) is 0 Å². The summed E-state index contributed by atoms with van der Waals surface area (Å²) in [6.07, 6.45) is 0. The molecule has 0 aliphatic rings. The lowest BCUT2D eigenvalue weighted by molar-refractivity contribution is -0.141. The van der Waals surface area contributed by atoms with Crippen molar-refractivity contribution < 1.29 is 14.3 Å². The molecule has 0 aliphatic heterocycles. The SMILES string of the molecule is COC(=O)C(N)CSCC(=O)Nc1cc(Cl)ccc1Cl. The molecule has 0 aliphatic carbocycles. The number of ether oxygens (including phenoxy) is 1. The summed E-state index contributed by atoms with van der Waals surface area (Å²) in [6, 6.07) is 4.04. The van der Waals surface area contributed by atoms with Crippen molar-refractivity contribution in [3.63, 3.8) is 0 Å². The van der Waals surface area contributed by atoms with E-state index < -0.39 is 12.0 Å². The summed E-state index contributed by atoms with van der Waals surface area (Å²) in [4.78, 5) is 22.8. The van der Waals surface area contributed by atoms with E-state index in [0.29, 0.717) is 21.5 Å². The molecular formula is C12H14Cl2N2O3S. The third-order valence-corrected chi connectivity index (χ3v) is 3.86. The first-order valence-corrected chi connectivity index (χ1v) is 7.51. The Kier molecular flexibility index (Phi) is 7.15. The van der Waals surface area contributed by atoms with E-state index in [1.165, 1.54) is 18.9 Å². The Bertz CT molecular complexity index is 500. The summed E-state index contributed by atoms with van der Waals surface area (Å²) < 4.78 is 4.48. The number of hydrogen-bond donors (Lipinski definition) is 2. The Morgan fingerprint density at radius 1 is 1.45 bits per heavy atom. The first-order chi connectivity index (χ1) is 9.43. The van der Waals surface area contributed by atoms with Gasteiger partial charge in [-0.1, -0.05) is 23.2 Å². The van der Waals surface area contributed by atoms with Crippen molar-refractivity contribution in [1.82, 2.24) is 0 Å². The van der Waals surface area contributed by atoms with Crippen LogP contribution in [0.3, 0.4) is 0 Å². The van der Waals surface area contributed by atoms with Gasteiger partial charge in [-0.05, 0) is 18.2 Å². The molecule has 1 atom stereocenters. The van der Waals surface area contributed by atoms with Crippen LogP contribution in [-0.4, -0.2) is 36.5 Å². The number of thioether (sulfide) groups is 1. The van der Waals surface area contributed by atoms with Crippen LogP contribution in [0.15, 0.2) is 18.2 Å². The van der Waals surface area contributed by atoms with E-state index in [4.69, 9.17) is 28.9 Å². The van der Waals surface area contributed by atoms with Gasteiger partial charge in [0, 0.05) is 10.8 Å². The third kappa shape index (κ3) is 5.58. The monoisotopic (exact) mass is 336 g/mol. The molecule has 1 aromatic rings. The lowest BCUT2D eigenvalue weighted by Gasteiger charge is -2.10. The van der Waals surface area contributed by atoms with Gasteiger partial charge in [0.15, 0.2) is 0 Å². The molecule has 0 bridgehead atoms. The summed E-state index contributed by atoms with van der Waals surface area (Å²) in [5.74, 6) is -0.316. The molecule has 0 spiro atoms. The lowest BCUT2D eigenvalue weighted by atomic mass is 10.3. The quantitative estimate of drug-likeness (QED) is 0.778. The number of methoxy groups -OCH3 is 1. The second kappa shape index (κ2) is 8.36. The molecule has 0 saturated carbocycles. The molecule has 1 rings (SSSR count). The largest absolute Gasteiger partial charge is 0.468 e. The van der Waals surface area contributed by atoms with Crippen molar-refractivity contribution in [3.8, 4) is 0 Å². The van der Waals surface area contributed by atoms with Crippen molar-refractivity contribution in [1.29, 1.82) is 0 Å². The molecule has 1 aromatic carbocycles. The van der Waals surface area contributed by atoms with E-state index in [1.807, 2.05) is 0 Å². The maximum atomic E-state index is 11.7. The molecule has 1 amide bonds. The van der Waals surface area contributed by atoms with Crippen LogP contribution >= 0.6 is 35.0 Å². The Morgan fingerprint density at radius 3 is 2.80 bits per heavy atom. The Balaban J connectivity index is 2.41. The van der Waals surface area contributed by atoms with Crippen LogP contribution in [0.1, 0.15) is 0 Å². The van der Waals surface area contributed by atoms with Gasteiger partial charge in [0.2, 0.25) is 5.91 Å². The standard InChI is InChI=1S/C12H14Cl2N2O3S/c1-19-12(18)9(15)5-20-6-11(17)16-10-4-7(13)2-3-8(10)14/h2-4,9H,5-6,15H2,1H3,(H,16,17). The minimum Gasteiger partial charge on any atom is -0.468 e. The highest BCUT2D eigenvalue weighted by atomic mass is 35.5. The van der Waals surface area contributed by atoms with Gasteiger partial charge in [-0.3, -0.25) is 9.59 Å². The molecule has 8 heteroatoms. The third-order valence-electron chi connectivity index (χ3n) is 2.24. The van der Waals surface area contributed by atoms with Gasteiger partial charge >= 0.3 is 5.97 Å². The number of esters is 1. The van der Waals surface area contributed by atoms with Crippen LogP contribution in [0.4, 0.5) is 5.69 Å². The maximum absolute atomic E-state index is 11.7. The Morgan fingerprint density at radius 2 is 2.15 bits per heavy atom. The first kappa shape index (κ1) is 17.1. The molecule has 0 saturated heterocycles. The normalized spacial score (nSPS) is 11.8. The van der Waals surface area contributed by atoms with Crippen LogP contribution < -0.4 is 11.1 Å². The van der Waals surface area contributed by atoms with E-state index in [1.54, 1.807) is 18.2 Å². The van der Waals surface area contributed by atoms with Crippen molar-refractivity contribution >= 4 is 52.5 Å². The molecule has 0 fully saturated rings. The Labute approximate surface area is 131 Å². The summed E-state index contributed by atoms with van der Waals surface area (Å²) in [7, 11) is 1.26. The average Bonchev–Trinajstić information content (AvgIpc) is 2.41. The van der Waals surface area contributed by atoms with Crippen molar-refractivity contribution in [3.05, 3.63) is 28.2 Å². The van der Waals surface area contributed by atoms with E-state index >= 15 is 0 Å². The minimum atomic E-state index is -0.743. The van der Waals surface area contributed by atoms with Crippen LogP contribution in [0, 0.1) is 0 Å². The fourth-order valence-corrected chi connectivity index (χ4v) is 2.38. The number of halogens is 2. The summed E-state index contributed by atoms with van der Waals surface area (Å²) in [6.45, 7) is 0. The molecule has 5 nitrogen and oxygen atoms in total. The highest BCUT2D eigenvalue weighted by Crippen LogP contribution is 2.25. The molecule has 3 N–H and O–H groups in total. The molecule has 20 heavy (non-hydrogen) atoms. The lowest BCUT2D eigenvalue weighted by Crippen LogP contribution is -2.34. The average molecular weight is 337 g/mol. The molecule has 0 heterocycles. The van der Waals surface area contributed by atoms with Crippen molar-refractivity contribution in [2.45, 2.75) is 6.04 Å². The fourth-order valence-electron chi connectivity index (χ4n) is 1.28. The molecule has 0 radical (unpaired) electrons. The summed E-state index contributed by atoms with van der Waals surface area (Å²) in [5, 5.41) is 3.51. The number of nitrogens with two attached hydrogens (primary N) is 1. The highest BCUT2D eigenvalue weighted by molar-refractivity contribution is 8.00. The zero-order valence-corrected chi connectivity index (χ0v) is 13.0. The van der Waals surface area contributed by atoms with Gasteiger partial charge in [-0.2, -0.15) is 0 Å². The number of rotatable bonds is 6. The number of anilines is 1. The number of nitrogens with one attached hydrogen (secondary N) is 1. The number of benzene rings is 1. The Hall–Kier alpha value is -0.950. The van der Waals surface area contributed by atoms with Gasteiger partial charge in [-0.25, -0.2) is 0 Å². The van der Waals surface area contributed by atoms with E-state index in [2.05, 4.69) is 10.1 Å².